The number of hydrogen-bond donors (Lipinski definition) is 2. The lowest BCUT2D eigenvalue weighted by atomic mass is 10.8. The van der Waals surface area contributed by atoms with Gasteiger partial charge >= 0.3 is 0 Å². The Bertz CT molecular complexity index is 74.2. The van der Waals surface area contributed by atoms with Crippen LogP contribution in [0.5, 0.6) is 0 Å². The predicted molar refractivity (Wildman–Crippen MR) is 51.9 cm³/mol. The lowest BCUT2D eigenvalue weighted by Gasteiger charge is -1.85. The van der Waals surface area contributed by atoms with Crippen LogP contribution in [-0.2, 0) is 0 Å². The van der Waals surface area contributed by atoms with E-state index in [4.69, 9.17) is 10.2 Å². The van der Waals surface area contributed by atoms with Gasteiger partial charge in [-0.3, -0.25) is 0 Å². The van der Waals surface area contributed by atoms with Gasteiger partial charge in [-0.1, -0.05) is 12.2 Å². The summed E-state index contributed by atoms with van der Waals surface area (Å²) in [6.45, 7) is 6.90. The van der Waals surface area contributed by atoms with Crippen molar-refractivity contribution in [2.24, 2.45) is 0 Å². The molecule has 0 bridgehead atoms. The standard InChI is InChI=1S/C6H10S.C2H6O2/c1-3-5-7-6-4-2;3-1-2-4/h3-4H,1-2,5-6H2;3-4H,1-2H2. The molecule has 0 aliphatic carbocycles. The topological polar surface area (TPSA) is 40.5 Å². The van der Waals surface area contributed by atoms with Crippen LogP contribution in [0.25, 0.3) is 0 Å². The molecule has 2 N–H and O–H groups in total. The second kappa shape index (κ2) is 16.4. The van der Waals surface area contributed by atoms with E-state index in [1.807, 2.05) is 23.9 Å². The van der Waals surface area contributed by atoms with Crippen LogP contribution in [0, 0.1) is 0 Å². The monoisotopic (exact) mass is 176 g/mol. The first-order valence-corrected chi connectivity index (χ1v) is 4.50. The molecule has 0 aromatic carbocycles. The van der Waals surface area contributed by atoms with Crippen molar-refractivity contribution in [2.45, 2.75) is 0 Å². The highest BCUT2D eigenvalue weighted by atomic mass is 32.2. The number of thioether (sulfide) groups is 1. The Balaban J connectivity index is 0. The van der Waals surface area contributed by atoms with Gasteiger partial charge in [-0.15, -0.1) is 13.2 Å². The molecule has 0 aromatic rings. The van der Waals surface area contributed by atoms with Crippen LogP contribution in [0.2, 0.25) is 0 Å². The Hall–Kier alpha value is -0.250. The molecule has 0 heterocycles. The molecule has 0 aromatic heterocycles. The van der Waals surface area contributed by atoms with Crippen molar-refractivity contribution in [1.82, 2.24) is 0 Å². The van der Waals surface area contributed by atoms with Gasteiger partial charge in [0.1, 0.15) is 0 Å². The first-order chi connectivity index (χ1) is 5.33. The fraction of sp³-hybridized carbons (Fsp3) is 0.500. The van der Waals surface area contributed by atoms with E-state index in [9.17, 15) is 0 Å². The summed E-state index contributed by atoms with van der Waals surface area (Å²) >= 11 is 1.82. The van der Waals surface area contributed by atoms with Gasteiger partial charge < -0.3 is 10.2 Å². The van der Waals surface area contributed by atoms with Gasteiger partial charge in [-0.25, -0.2) is 0 Å². The Morgan fingerprint density at radius 3 is 1.55 bits per heavy atom. The highest BCUT2D eigenvalue weighted by Crippen LogP contribution is 1.97. The molecule has 11 heavy (non-hydrogen) atoms. The molecule has 0 rings (SSSR count). The van der Waals surface area contributed by atoms with Gasteiger partial charge in [0.25, 0.3) is 0 Å². The summed E-state index contributed by atoms with van der Waals surface area (Å²) in [6, 6.07) is 0. The highest BCUT2D eigenvalue weighted by molar-refractivity contribution is 7.99. The molecule has 0 spiro atoms. The predicted octanol–water partition coefficient (Wildman–Crippen LogP) is 1.06. The fourth-order valence-electron chi connectivity index (χ4n) is 0.235. The van der Waals surface area contributed by atoms with E-state index in [1.165, 1.54) is 0 Å². The minimum absolute atomic E-state index is 0.125. The third-order valence-electron chi connectivity index (χ3n) is 0.571. The summed E-state index contributed by atoms with van der Waals surface area (Å²) in [6.07, 6.45) is 3.79. The van der Waals surface area contributed by atoms with Gasteiger partial charge in [0.05, 0.1) is 13.2 Å². The summed E-state index contributed by atoms with van der Waals surface area (Å²) in [5.74, 6) is 2.07. The van der Waals surface area contributed by atoms with Crippen molar-refractivity contribution in [1.29, 1.82) is 0 Å². The largest absolute Gasteiger partial charge is 0.394 e. The highest BCUT2D eigenvalue weighted by Gasteiger charge is 1.73. The van der Waals surface area contributed by atoms with Crippen LogP contribution >= 0.6 is 11.8 Å². The molecule has 0 radical (unpaired) electrons. The molecule has 3 heteroatoms. The Morgan fingerprint density at radius 1 is 1.00 bits per heavy atom. The van der Waals surface area contributed by atoms with Crippen molar-refractivity contribution in [3.8, 4) is 0 Å². The third-order valence-corrected chi connectivity index (χ3v) is 1.51. The van der Waals surface area contributed by atoms with Gasteiger partial charge in [0.2, 0.25) is 0 Å². The number of rotatable bonds is 5. The molecule has 0 amide bonds. The number of hydrogen-bond acceptors (Lipinski definition) is 3. The maximum atomic E-state index is 7.62. The molecule has 0 unspecified atom stereocenters. The molecular formula is C8H16O2S. The minimum Gasteiger partial charge on any atom is -0.394 e. The van der Waals surface area contributed by atoms with Crippen molar-refractivity contribution in [2.75, 3.05) is 24.7 Å². The van der Waals surface area contributed by atoms with Crippen molar-refractivity contribution in [3.05, 3.63) is 25.3 Å². The molecule has 2 nitrogen and oxygen atoms in total. The summed E-state index contributed by atoms with van der Waals surface area (Å²) in [4.78, 5) is 0. The second-order valence-corrected chi connectivity index (χ2v) is 2.64. The van der Waals surface area contributed by atoms with Gasteiger partial charge in [0, 0.05) is 11.5 Å². The molecule has 0 fully saturated rings. The van der Waals surface area contributed by atoms with E-state index in [0.717, 1.165) is 11.5 Å². The summed E-state index contributed by atoms with van der Waals surface area (Å²) in [7, 11) is 0. The van der Waals surface area contributed by atoms with Crippen molar-refractivity contribution in [3.63, 3.8) is 0 Å². The molecule has 66 valence electrons. The zero-order chi connectivity index (χ0) is 8.95. The zero-order valence-electron chi connectivity index (χ0n) is 6.70. The van der Waals surface area contributed by atoms with Crippen LogP contribution < -0.4 is 0 Å². The second-order valence-electron chi connectivity index (χ2n) is 1.56. The average Bonchev–Trinajstić information content (AvgIpc) is 2.06. The van der Waals surface area contributed by atoms with Crippen LogP contribution in [0.1, 0.15) is 0 Å². The molecule has 0 aliphatic rings. The van der Waals surface area contributed by atoms with E-state index in [2.05, 4.69) is 13.2 Å². The van der Waals surface area contributed by atoms with Crippen LogP contribution in [0.4, 0.5) is 0 Å². The van der Waals surface area contributed by atoms with Crippen LogP contribution in [0.3, 0.4) is 0 Å². The SMILES string of the molecule is C=CCSCC=C.OCCO. The van der Waals surface area contributed by atoms with E-state index < -0.39 is 0 Å². The van der Waals surface area contributed by atoms with Gasteiger partial charge in [-0.05, 0) is 0 Å². The zero-order valence-corrected chi connectivity index (χ0v) is 7.52. The Morgan fingerprint density at radius 2 is 1.36 bits per heavy atom. The van der Waals surface area contributed by atoms with Gasteiger partial charge in [0.15, 0.2) is 0 Å². The maximum Gasteiger partial charge on any atom is 0.0662 e. The van der Waals surface area contributed by atoms with E-state index in [0.29, 0.717) is 0 Å². The minimum atomic E-state index is -0.125. The van der Waals surface area contributed by atoms with Gasteiger partial charge in [-0.2, -0.15) is 11.8 Å². The Kier molecular flexibility index (Phi) is 19.9. The van der Waals surface area contributed by atoms with Crippen molar-refractivity contribution < 1.29 is 10.2 Å². The van der Waals surface area contributed by atoms with Crippen LogP contribution in [0.15, 0.2) is 25.3 Å². The van der Waals surface area contributed by atoms with E-state index >= 15 is 0 Å². The summed E-state index contributed by atoms with van der Waals surface area (Å²) < 4.78 is 0. The summed E-state index contributed by atoms with van der Waals surface area (Å²) in [5.41, 5.74) is 0. The van der Waals surface area contributed by atoms with Crippen molar-refractivity contribution >= 4 is 11.8 Å². The molecule has 0 atom stereocenters. The van der Waals surface area contributed by atoms with E-state index in [1.54, 1.807) is 0 Å². The number of aliphatic hydroxyl groups is 2. The smallest absolute Gasteiger partial charge is 0.0662 e. The van der Waals surface area contributed by atoms with E-state index in [-0.39, 0.29) is 13.2 Å². The Labute approximate surface area is 72.6 Å². The molecule has 0 saturated heterocycles. The third kappa shape index (κ3) is 26.0. The maximum absolute atomic E-state index is 7.62. The molecule has 0 saturated carbocycles. The summed E-state index contributed by atoms with van der Waals surface area (Å²) in [5, 5.41) is 15.2. The molecule has 0 aliphatic heterocycles. The quantitative estimate of drug-likeness (QED) is 0.486. The lowest BCUT2D eigenvalue weighted by Crippen LogP contribution is -1.85. The molecular weight excluding hydrogens is 160 g/mol. The van der Waals surface area contributed by atoms with Crippen LogP contribution in [-0.4, -0.2) is 34.9 Å². The average molecular weight is 176 g/mol. The lowest BCUT2D eigenvalue weighted by molar-refractivity contribution is 0.186. The first-order valence-electron chi connectivity index (χ1n) is 3.34. The first kappa shape index (κ1) is 13.3. The fourth-order valence-corrected chi connectivity index (χ4v) is 0.704. The number of aliphatic hydroxyl groups excluding tert-OH is 2. The normalized spacial score (nSPS) is 7.82.